The van der Waals surface area contributed by atoms with E-state index >= 15 is 0 Å². The monoisotopic (exact) mass is 488 g/mol. The minimum absolute atomic E-state index is 0.0441. The third-order valence-electron chi connectivity index (χ3n) is 8.20. The SMILES string of the molecule is C=C[C@H]1C[N@+]2(CC(=O)c3ccc([N+](=O)[O-])cc3)CC[C@H]1C[C@H]2[C@H](O)c1ccnc2ccc(OC)cc12. The minimum Gasteiger partial charge on any atom is -0.497 e. The van der Waals surface area contributed by atoms with Crippen LogP contribution in [0.2, 0.25) is 0 Å². The van der Waals surface area contributed by atoms with E-state index in [-0.39, 0.29) is 30.0 Å². The van der Waals surface area contributed by atoms with Crippen molar-refractivity contribution in [3.05, 3.63) is 88.6 Å². The quantitative estimate of drug-likeness (QED) is 0.165. The molecule has 5 atom stereocenters. The van der Waals surface area contributed by atoms with Crippen LogP contribution in [0.5, 0.6) is 5.75 Å². The number of fused-ring (bicyclic) bond motifs is 4. The lowest BCUT2D eigenvalue weighted by molar-refractivity contribution is -0.966. The number of aromatic nitrogens is 1. The smallest absolute Gasteiger partial charge is 0.269 e. The van der Waals surface area contributed by atoms with E-state index < -0.39 is 11.0 Å². The van der Waals surface area contributed by atoms with Gasteiger partial charge in [0.1, 0.15) is 24.4 Å². The summed E-state index contributed by atoms with van der Waals surface area (Å²) in [6.07, 6.45) is 4.67. The standard InChI is InChI=1S/C28H30N3O5/c1-3-18-16-31(17-27(32)19-4-6-21(7-5-19)30(34)35)13-11-20(18)14-26(31)28(33)23-10-12-29-25-9-8-22(36-2)15-24(23)25/h3-10,12,15,18,20,26,28,33H,1,11,13-14,16-17H2,2H3/q+1/t18-,20-,26-,28+,31-/m0/s1. The molecule has 4 heterocycles. The number of quaternary nitrogens is 1. The zero-order valence-corrected chi connectivity index (χ0v) is 20.2. The van der Waals surface area contributed by atoms with Crippen LogP contribution < -0.4 is 4.74 Å². The average molecular weight is 489 g/mol. The van der Waals surface area contributed by atoms with E-state index in [1.54, 1.807) is 13.3 Å². The summed E-state index contributed by atoms with van der Waals surface area (Å²) in [5, 5.41) is 23.7. The molecular formula is C28H30N3O5+. The molecule has 0 aliphatic carbocycles. The van der Waals surface area contributed by atoms with Crippen molar-refractivity contribution >= 4 is 22.4 Å². The van der Waals surface area contributed by atoms with Gasteiger partial charge in [-0.1, -0.05) is 6.08 Å². The number of hydrogen-bond acceptors (Lipinski definition) is 6. The maximum absolute atomic E-state index is 13.5. The number of carbonyl (C=O) groups is 1. The lowest BCUT2D eigenvalue weighted by Crippen LogP contribution is -2.69. The number of nitro benzene ring substituents is 1. The normalized spacial score (nSPS) is 25.9. The molecule has 186 valence electrons. The minimum atomic E-state index is -0.791. The third-order valence-corrected chi connectivity index (χ3v) is 8.20. The molecule has 6 rings (SSSR count). The number of hydrogen-bond donors (Lipinski definition) is 1. The number of aliphatic hydroxyl groups excluding tert-OH is 1. The first kappa shape index (κ1) is 24.1. The molecule has 0 amide bonds. The topological polar surface area (TPSA) is 103 Å². The number of pyridine rings is 1. The first-order chi connectivity index (χ1) is 17.3. The van der Waals surface area contributed by atoms with Gasteiger partial charge < -0.3 is 14.3 Å². The van der Waals surface area contributed by atoms with Crippen LogP contribution in [-0.4, -0.2) is 58.1 Å². The average Bonchev–Trinajstić information content (AvgIpc) is 2.91. The molecule has 2 aromatic carbocycles. The Morgan fingerprint density at radius 2 is 2.08 bits per heavy atom. The summed E-state index contributed by atoms with van der Waals surface area (Å²) < 4.78 is 5.88. The number of benzene rings is 2. The van der Waals surface area contributed by atoms with Gasteiger partial charge in [-0.2, -0.15) is 0 Å². The Morgan fingerprint density at radius 1 is 1.31 bits per heavy atom. The zero-order valence-electron chi connectivity index (χ0n) is 20.2. The van der Waals surface area contributed by atoms with E-state index in [0.717, 1.165) is 42.4 Å². The van der Waals surface area contributed by atoms with Crippen LogP contribution in [0.3, 0.4) is 0 Å². The number of carbonyl (C=O) groups excluding carboxylic acids is 1. The van der Waals surface area contributed by atoms with Crippen LogP contribution in [0.15, 0.2) is 67.4 Å². The van der Waals surface area contributed by atoms with E-state index in [0.29, 0.717) is 21.7 Å². The van der Waals surface area contributed by atoms with Gasteiger partial charge in [-0.15, -0.1) is 6.58 Å². The fraction of sp³-hybridized carbons (Fsp3) is 0.357. The number of nitro groups is 1. The van der Waals surface area contributed by atoms with Gasteiger partial charge in [0.25, 0.3) is 5.69 Å². The highest BCUT2D eigenvalue weighted by atomic mass is 16.6. The Kier molecular flexibility index (Phi) is 6.32. The highest BCUT2D eigenvalue weighted by Crippen LogP contribution is 2.47. The first-order valence-electron chi connectivity index (χ1n) is 12.2. The molecule has 3 aromatic rings. The molecule has 2 bridgehead atoms. The second-order valence-electron chi connectivity index (χ2n) is 9.99. The van der Waals surface area contributed by atoms with Crippen LogP contribution in [0.25, 0.3) is 10.9 Å². The number of rotatable bonds is 8. The van der Waals surface area contributed by atoms with Gasteiger partial charge in [0, 0.05) is 48.0 Å². The number of aliphatic hydroxyl groups is 1. The number of ether oxygens (including phenoxy) is 1. The zero-order chi connectivity index (χ0) is 25.4. The lowest BCUT2D eigenvalue weighted by atomic mass is 9.71. The van der Waals surface area contributed by atoms with Gasteiger partial charge in [0.05, 0.1) is 30.6 Å². The van der Waals surface area contributed by atoms with Crippen molar-refractivity contribution in [1.29, 1.82) is 0 Å². The summed E-state index contributed by atoms with van der Waals surface area (Å²) in [7, 11) is 1.61. The highest BCUT2D eigenvalue weighted by Gasteiger charge is 2.54. The van der Waals surface area contributed by atoms with Crippen molar-refractivity contribution < 1.29 is 24.0 Å². The largest absolute Gasteiger partial charge is 0.497 e. The van der Waals surface area contributed by atoms with Crippen LogP contribution in [-0.2, 0) is 0 Å². The Balaban J connectivity index is 1.51. The molecular weight excluding hydrogens is 458 g/mol. The van der Waals surface area contributed by atoms with Gasteiger partial charge in [0.2, 0.25) is 5.78 Å². The summed E-state index contributed by atoms with van der Waals surface area (Å²) in [4.78, 5) is 28.5. The van der Waals surface area contributed by atoms with Crippen molar-refractivity contribution in [3.8, 4) is 5.75 Å². The maximum atomic E-state index is 13.5. The Labute approximate surface area is 209 Å². The molecule has 1 N–H and O–H groups in total. The summed E-state index contributed by atoms with van der Waals surface area (Å²) in [6, 6.07) is 13.1. The van der Waals surface area contributed by atoms with E-state index in [1.807, 2.05) is 30.3 Å². The van der Waals surface area contributed by atoms with Crippen molar-refractivity contribution in [2.45, 2.75) is 25.0 Å². The summed E-state index contributed by atoms with van der Waals surface area (Å²) in [5.74, 6) is 1.31. The first-order valence-corrected chi connectivity index (χ1v) is 12.2. The Hall–Kier alpha value is -3.62. The van der Waals surface area contributed by atoms with Crippen molar-refractivity contribution in [2.75, 3.05) is 26.7 Å². The number of Topliss-reactive ketones (excluding diaryl/α,β-unsaturated/α-hetero) is 1. The fourth-order valence-corrected chi connectivity index (χ4v) is 6.27. The third kappa shape index (κ3) is 4.16. The molecule has 0 unspecified atom stereocenters. The van der Waals surface area contributed by atoms with Gasteiger partial charge in [-0.3, -0.25) is 19.9 Å². The fourth-order valence-electron chi connectivity index (χ4n) is 6.27. The molecule has 0 saturated carbocycles. The second-order valence-corrected chi connectivity index (χ2v) is 9.99. The summed E-state index contributed by atoms with van der Waals surface area (Å²) in [6.45, 7) is 5.80. The van der Waals surface area contributed by atoms with Crippen LogP contribution in [0, 0.1) is 22.0 Å². The van der Waals surface area contributed by atoms with Gasteiger partial charge in [0.15, 0.2) is 0 Å². The lowest BCUT2D eigenvalue weighted by Gasteiger charge is -2.57. The number of methoxy groups -OCH3 is 1. The molecule has 3 saturated heterocycles. The Morgan fingerprint density at radius 3 is 2.78 bits per heavy atom. The molecule has 36 heavy (non-hydrogen) atoms. The predicted octanol–water partition coefficient (Wildman–Crippen LogP) is 4.48. The van der Waals surface area contributed by atoms with Crippen molar-refractivity contribution in [1.82, 2.24) is 4.98 Å². The molecule has 0 spiro atoms. The predicted molar refractivity (Wildman–Crippen MR) is 136 cm³/mol. The number of ketones is 1. The number of nitrogens with zero attached hydrogens (tertiary/aromatic N) is 3. The summed E-state index contributed by atoms with van der Waals surface area (Å²) in [5.41, 5.74) is 1.97. The highest BCUT2D eigenvalue weighted by molar-refractivity contribution is 5.97. The molecule has 8 nitrogen and oxygen atoms in total. The molecule has 3 aliphatic heterocycles. The van der Waals surface area contributed by atoms with E-state index in [1.165, 1.54) is 24.3 Å². The van der Waals surface area contributed by atoms with E-state index in [2.05, 4.69) is 11.6 Å². The van der Waals surface area contributed by atoms with Crippen molar-refractivity contribution in [3.63, 3.8) is 0 Å². The molecule has 3 fully saturated rings. The number of piperidine rings is 3. The van der Waals surface area contributed by atoms with E-state index in [9.17, 15) is 20.0 Å². The second kappa shape index (κ2) is 9.44. The number of non-ortho nitro benzene ring substituents is 1. The van der Waals surface area contributed by atoms with Gasteiger partial charge >= 0.3 is 0 Å². The Bertz CT molecular complexity index is 1320. The maximum Gasteiger partial charge on any atom is 0.269 e. The van der Waals surface area contributed by atoms with Crippen molar-refractivity contribution in [2.24, 2.45) is 11.8 Å². The summed E-state index contributed by atoms with van der Waals surface area (Å²) >= 11 is 0. The van der Waals surface area contributed by atoms with Crippen LogP contribution >= 0.6 is 0 Å². The molecule has 1 aromatic heterocycles. The molecule has 3 aliphatic rings. The molecule has 8 heteroatoms. The van der Waals surface area contributed by atoms with Gasteiger partial charge in [-0.25, -0.2) is 0 Å². The van der Waals surface area contributed by atoms with Crippen LogP contribution in [0.1, 0.15) is 34.9 Å². The van der Waals surface area contributed by atoms with E-state index in [4.69, 9.17) is 4.74 Å². The van der Waals surface area contributed by atoms with Gasteiger partial charge in [-0.05, 0) is 47.9 Å². The van der Waals surface area contributed by atoms with Crippen LogP contribution in [0.4, 0.5) is 5.69 Å². The molecule has 0 radical (unpaired) electrons.